The van der Waals surface area contributed by atoms with E-state index in [1.165, 1.54) is 11.0 Å². The molecule has 0 heterocycles. The molecule has 0 fully saturated rings. The molecule has 0 aliphatic rings. The second-order valence-corrected chi connectivity index (χ2v) is 8.88. The first-order valence-corrected chi connectivity index (χ1v) is 10.5. The minimum atomic E-state index is -3.12. The topological polar surface area (TPSA) is 54.5 Å². The van der Waals surface area contributed by atoms with Crippen LogP contribution in [0.1, 0.15) is 28.4 Å². The number of sulfone groups is 1. The van der Waals surface area contributed by atoms with E-state index in [1.807, 2.05) is 6.92 Å². The van der Waals surface area contributed by atoms with E-state index in [4.69, 9.17) is 0 Å². The van der Waals surface area contributed by atoms with Crippen LogP contribution in [0.5, 0.6) is 0 Å². The van der Waals surface area contributed by atoms with Crippen LogP contribution in [0.2, 0.25) is 0 Å². The first kappa shape index (κ1) is 19.6. The van der Waals surface area contributed by atoms with Crippen LogP contribution in [-0.2, 0) is 22.1 Å². The molecule has 0 saturated heterocycles. The molecule has 0 spiro atoms. The van der Waals surface area contributed by atoms with Gasteiger partial charge in [0.05, 0.1) is 5.75 Å². The summed E-state index contributed by atoms with van der Waals surface area (Å²) >= 11 is 3.30. The number of halogens is 2. The summed E-state index contributed by atoms with van der Waals surface area (Å²) in [5, 5.41) is 0. The Morgan fingerprint density at radius 1 is 1.16 bits per heavy atom. The average Bonchev–Trinajstić information content (AvgIpc) is 2.54. The summed E-state index contributed by atoms with van der Waals surface area (Å²) in [7, 11) is -3.12. The number of nitrogens with zero attached hydrogens (tertiary/aromatic N) is 1. The van der Waals surface area contributed by atoms with Gasteiger partial charge in [0.1, 0.15) is 5.82 Å². The number of rotatable bonds is 6. The second-order valence-electron chi connectivity index (χ2n) is 5.82. The van der Waals surface area contributed by atoms with Gasteiger partial charge in [0.2, 0.25) is 0 Å². The Hall–Kier alpha value is -1.73. The van der Waals surface area contributed by atoms with E-state index in [0.29, 0.717) is 23.2 Å². The normalized spacial score (nSPS) is 11.4. The van der Waals surface area contributed by atoms with Crippen molar-refractivity contribution < 1.29 is 17.6 Å². The lowest BCUT2D eigenvalue weighted by Crippen LogP contribution is -2.30. The summed E-state index contributed by atoms with van der Waals surface area (Å²) in [6, 6.07) is 11.1. The Balaban J connectivity index is 2.17. The highest BCUT2D eigenvalue weighted by Crippen LogP contribution is 2.18. The molecule has 0 unspecified atom stereocenters. The molecule has 0 N–H and O–H groups in total. The molecular formula is C18H19BrFNO3S. The molecule has 7 heteroatoms. The smallest absolute Gasteiger partial charge is 0.254 e. The van der Waals surface area contributed by atoms with Crippen molar-refractivity contribution >= 4 is 31.7 Å². The molecule has 0 aliphatic heterocycles. The maximum absolute atomic E-state index is 13.9. The molecule has 0 aromatic heterocycles. The predicted octanol–water partition coefficient (Wildman–Crippen LogP) is 3.80. The van der Waals surface area contributed by atoms with Gasteiger partial charge in [0, 0.05) is 34.9 Å². The Labute approximate surface area is 155 Å². The summed E-state index contributed by atoms with van der Waals surface area (Å²) in [5.41, 5.74) is 1.49. The fraction of sp³-hybridized carbons (Fsp3) is 0.278. The van der Waals surface area contributed by atoms with Crippen LogP contribution < -0.4 is 0 Å². The van der Waals surface area contributed by atoms with Gasteiger partial charge in [-0.2, -0.15) is 0 Å². The Bertz CT molecular complexity index is 866. The van der Waals surface area contributed by atoms with Gasteiger partial charge in [0.25, 0.3) is 5.91 Å². The van der Waals surface area contributed by atoms with Crippen molar-refractivity contribution in [3.05, 3.63) is 69.4 Å². The van der Waals surface area contributed by atoms with Crippen molar-refractivity contribution in [2.45, 2.75) is 19.2 Å². The monoisotopic (exact) mass is 427 g/mol. The molecule has 2 rings (SSSR count). The Morgan fingerprint density at radius 3 is 2.36 bits per heavy atom. The molecule has 2 aromatic carbocycles. The number of hydrogen-bond donors (Lipinski definition) is 0. The first-order chi connectivity index (χ1) is 11.7. The largest absolute Gasteiger partial charge is 0.334 e. The van der Waals surface area contributed by atoms with Crippen molar-refractivity contribution in [2.24, 2.45) is 0 Å². The molecule has 134 valence electrons. The Kier molecular flexibility index (Phi) is 6.35. The van der Waals surface area contributed by atoms with Crippen LogP contribution in [0.3, 0.4) is 0 Å². The van der Waals surface area contributed by atoms with Gasteiger partial charge in [-0.25, -0.2) is 12.8 Å². The highest BCUT2D eigenvalue weighted by Gasteiger charge is 2.17. The van der Waals surface area contributed by atoms with Crippen molar-refractivity contribution in [3.8, 4) is 0 Å². The number of carbonyl (C=O) groups excluding carboxylic acids is 1. The third kappa shape index (κ3) is 5.64. The summed E-state index contributed by atoms with van der Waals surface area (Å²) in [6.07, 6.45) is 1.16. The van der Waals surface area contributed by atoms with Crippen molar-refractivity contribution in [1.29, 1.82) is 0 Å². The standard InChI is InChI=1S/C18H19BrFNO3S/c1-3-21(11-15-10-16(19)8-9-17(15)20)18(22)14-6-4-13(5-7-14)12-25(2,23)24/h4-10H,3,11-12H2,1-2H3. The summed E-state index contributed by atoms with van der Waals surface area (Å²) in [4.78, 5) is 14.2. The molecule has 0 aliphatic carbocycles. The van der Waals surface area contributed by atoms with E-state index in [1.54, 1.807) is 36.4 Å². The third-order valence-electron chi connectivity index (χ3n) is 3.67. The summed E-state index contributed by atoms with van der Waals surface area (Å²) in [5.74, 6) is -0.659. The highest BCUT2D eigenvalue weighted by atomic mass is 79.9. The Morgan fingerprint density at radius 2 is 1.80 bits per heavy atom. The lowest BCUT2D eigenvalue weighted by Gasteiger charge is -2.21. The summed E-state index contributed by atoms with van der Waals surface area (Å²) < 4.78 is 37.3. The lowest BCUT2D eigenvalue weighted by atomic mass is 10.1. The van der Waals surface area contributed by atoms with Crippen LogP contribution in [0.25, 0.3) is 0 Å². The van der Waals surface area contributed by atoms with Crippen LogP contribution in [0, 0.1) is 5.82 Å². The van der Waals surface area contributed by atoms with Gasteiger partial charge >= 0.3 is 0 Å². The van der Waals surface area contributed by atoms with Crippen LogP contribution in [-0.4, -0.2) is 32.0 Å². The average molecular weight is 428 g/mol. The van der Waals surface area contributed by atoms with E-state index in [9.17, 15) is 17.6 Å². The van der Waals surface area contributed by atoms with Gasteiger partial charge in [-0.1, -0.05) is 28.1 Å². The molecular weight excluding hydrogens is 409 g/mol. The minimum Gasteiger partial charge on any atom is -0.334 e. The molecule has 4 nitrogen and oxygen atoms in total. The van der Waals surface area contributed by atoms with Crippen molar-refractivity contribution in [2.75, 3.05) is 12.8 Å². The molecule has 0 bridgehead atoms. The summed E-state index contributed by atoms with van der Waals surface area (Å²) in [6.45, 7) is 2.41. The van der Waals surface area contributed by atoms with Gasteiger partial charge in [-0.15, -0.1) is 0 Å². The zero-order valence-corrected chi connectivity index (χ0v) is 16.4. The number of benzene rings is 2. The van der Waals surface area contributed by atoms with Crippen molar-refractivity contribution in [3.63, 3.8) is 0 Å². The maximum atomic E-state index is 13.9. The van der Waals surface area contributed by atoms with E-state index in [0.717, 1.165) is 10.7 Å². The first-order valence-electron chi connectivity index (χ1n) is 7.69. The number of hydrogen-bond acceptors (Lipinski definition) is 3. The molecule has 25 heavy (non-hydrogen) atoms. The van der Waals surface area contributed by atoms with E-state index < -0.39 is 9.84 Å². The van der Waals surface area contributed by atoms with Gasteiger partial charge < -0.3 is 4.90 Å². The number of carbonyl (C=O) groups is 1. The van der Waals surface area contributed by atoms with Crippen LogP contribution in [0.4, 0.5) is 4.39 Å². The minimum absolute atomic E-state index is 0.0672. The zero-order chi connectivity index (χ0) is 18.6. The highest BCUT2D eigenvalue weighted by molar-refractivity contribution is 9.10. The SMILES string of the molecule is CCN(Cc1cc(Br)ccc1F)C(=O)c1ccc(CS(C)(=O)=O)cc1. The number of amides is 1. The van der Waals surface area contributed by atoms with Gasteiger partial charge in [-0.05, 0) is 42.8 Å². The quantitative estimate of drug-likeness (QED) is 0.704. The molecule has 1 amide bonds. The van der Waals surface area contributed by atoms with Crippen molar-refractivity contribution in [1.82, 2.24) is 4.90 Å². The van der Waals surface area contributed by atoms with Gasteiger partial charge in [0.15, 0.2) is 9.84 Å². The fourth-order valence-electron chi connectivity index (χ4n) is 2.43. The molecule has 0 saturated carbocycles. The van der Waals surface area contributed by atoms with E-state index in [2.05, 4.69) is 15.9 Å². The van der Waals surface area contributed by atoms with Crippen LogP contribution in [0.15, 0.2) is 46.9 Å². The maximum Gasteiger partial charge on any atom is 0.254 e. The second kappa shape index (κ2) is 8.10. The lowest BCUT2D eigenvalue weighted by molar-refractivity contribution is 0.0751. The zero-order valence-electron chi connectivity index (χ0n) is 14.0. The van der Waals surface area contributed by atoms with E-state index in [-0.39, 0.29) is 24.0 Å². The van der Waals surface area contributed by atoms with Crippen LogP contribution >= 0.6 is 15.9 Å². The molecule has 0 atom stereocenters. The molecule has 2 aromatic rings. The third-order valence-corrected chi connectivity index (χ3v) is 5.02. The van der Waals surface area contributed by atoms with E-state index >= 15 is 0 Å². The fourth-order valence-corrected chi connectivity index (χ4v) is 3.63. The molecule has 0 radical (unpaired) electrons. The predicted molar refractivity (Wildman–Crippen MR) is 99.5 cm³/mol. The van der Waals surface area contributed by atoms with Gasteiger partial charge in [-0.3, -0.25) is 4.79 Å².